The van der Waals surface area contributed by atoms with Crippen LogP contribution in [0.25, 0.3) is 0 Å². The molecule has 0 aliphatic heterocycles. The van der Waals surface area contributed by atoms with Crippen LogP contribution in [0.15, 0.2) is 72.9 Å². The molecular weight excluding hydrogens is 880 g/mol. The first-order valence-corrected chi connectivity index (χ1v) is 29.8. The van der Waals surface area contributed by atoms with Crippen molar-refractivity contribution in [3.05, 3.63) is 72.9 Å². The molecule has 400 valence electrons. The van der Waals surface area contributed by atoms with Gasteiger partial charge in [-0.3, -0.25) is 18.6 Å². The molecule has 0 saturated heterocycles. The Labute approximate surface area is 425 Å². The second kappa shape index (κ2) is 49.0. The van der Waals surface area contributed by atoms with Crippen molar-refractivity contribution in [3.8, 4) is 0 Å². The van der Waals surface area contributed by atoms with Gasteiger partial charge in [0.05, 0.1) is 33.8 Å². The van der Waals surface area contributed by atoms with Crippen LogP contribution in [0, 0.1) is 0 Å². The van der Waals surface area contributed by atoms with Crippen LogP contribution in [0.1, 0.15) is 239 Å². The van der Waals surface area contributed by atoms with E-state index in [4.69, 9.17) is 13.8 Å². The van der Waals surface area contributed by atoms with Crippen molar-refractivity contribution >= 4 is 19.7 Å². The lowest BCUT2D eigenvalue weighted by molar-refractivity contribution is -0.870. The third-order valence-corrected chi connectivity index (χ3v) is 13.1. The Balaban J connectivity index is 5.42. The number of hydrogen-bond acceptors (Lipinski definition) is 6. The van der Waals surface area contributed by atoms with Crippen molar-refractivity contribution in [3.63, 3.8) is 0 Å². The second-order valence-electron chi connectivity index (χ2n) is 20.1. The fourth-order valence-electron chi connectivity index (χ4n) is 7.80. The minimum absolute atomic E-state index is 0.0302. The molecule has 0 fully saturated rings. The third kappa shape index (κ3) is 50.2. The Kier molecular flexibility index (Phi) is 47.2. The number of phosphoric ester groups is 1. The molecule has 0 aromatic heterocycles. The van der Waals surface area contributed by atoms with Crippen molar-refractivity contribution < 1.29 is 37.3 Å². The maximum Gasteiger partial charge on any atom is 0.472 e. The average molecular weight is 988 g/mol. The van der Waals surface area contributed by atoms with Gasteiger partial charge in [-0.1, -0.05) is 229 Å². The number of quaternary nitrogens is 1. The lowest BCUT2D eigenvalue weighted by Gasteiger charge is -2.27. The van der Waals surface area contributed by atoms with E-state index < -0.39 is 20.0 Å². The lowest BCUT2D eigenvalue weighted by Crippen LogP contribution is -2.47. The molecule has 0 bridgehead atoms. The molecule has 0 aliphatic rings. The lowest BCUT2D eigenvalue weighted by atomic mass is 10.0. The number of carbonyl (C=O) groups excluding carboxylic acids is 2. The minimum Gasteiger partial charge on any atom is -0.456 e. The normalized spacial score (nSPS) is 14.4. The highest BCUT2D eigenvalue weighted by Gasteiger charge is 2.30. The van der Waals surface area contributed by atoms with Gasteiger partial charge in [0.2, 0.25) is 5.91 Å². The molecule has 0 radical (unpaired) electrons. The molecule has 9 nitrogen and oxygen atoms in total. The van der Waals surface area contributed by atoms with Gasteiger partial charge in [0, 0.05) is 12.8 Å². The number of likely N-dealkylation sites (N-methyl/N-ethyl adjacent to an activating group) is 1. The number of amides is 1. The van der Waals surface area contributed by atoms with Crippen LogP contribution in [0.3, 0.4) is 0 Å². The topological polar surface area (TPSA) is 111 Å². The van der Waals surface area contributed by atoms with Crippen LogP contribution in [0.5, 0.6) is 0 Å². The first-order chi connectivity index (χ1) is 33.4. The van der Waals surface area contributed by atoms with Gasteiger partial charge in [-0.25, -0.2) is 4.57 Å². The fourth-order valence-corrected chi connectivity index (χ4v) is 8.53. The van der Waals surface area contributed by atoms with Crippen molar-refractivity contribution in [2.75, 3.05) is 40.9 Å². The van der Waals surface area contributed by atoms with Crippen LogP contribution in [-0.2, 0) is 27.9 Å². The zero-order valence-electron chi connectivity index (χ0n) is 45.5. The quantitative estimate of drug-likeness (QED) is 0.0205. The number of allylic oxidation sites excluding steroid dienone is 11. The zero-order valence-corrected chi connectivity index (χ0v) is 46.4. The predicted molar refractivity (Wildman–Crippen MR) is 295 cm³/mol. The van der Waals surface area contributed by atoms with E-state index in [1.165, 1.54) is 122 Å². The first kappa shape index (κ1) is 66.5. The van der Waals surface area contributed by atoms with Gasteiger partial charge in [0.25, 0.3) is 0 Å². The summed E-state index contributed by atoms with van der Waals surface area (Å²) in [5.41, 5.74) is 0. The first-order valence-electron chi connectivity index (χ1n) is 28.3. The number of ether oxygens (including phenoxy) is 1. The molecule has 0 saturated carbocycles. The van der Waals surface area contributed by atoms with E-state index in [1.807, 2.05) is 33.3 Å². The Morgan fingerprint density at radius 1 is 0.522 bits per heavy atom. The van der Waals surface area contributed by atoms with E-state index in [0.29, 0.717) is 23.9 Å². The molecule has 0 heterocycles. The number of rotatable bonds is 50. The number of carbonyl (C=O) groups is 2. The van der Waals surface area contributed by atoms with Crippen LogP contribution in [-0.4, -0.2) is 74.3 Å². The molecule has 10 heteroatoms. The van der Waals surface area contributed by atoms with Crippen molar-refractivity contribution in [1.82, 2.24) is 5.32 Å². The van der Waals surface area contributed by atoms with E-state index in [0.717, 1.165) is 77.0 Å². The molecule has 0 spiro atoms. The average Bonchev–Trinajstić information content (AvgIpc) is 3.31. The summed E-state index contributed by atoms with van der Waals surface area (Å²) in [6.07, 6.45) is 61.9. The fraction of sp³-hybridized carbons (Fsp3) is 0.763. The number of esters is 1. The third-order valence-electron chi connectivity index (χ3n) is 12.2. The smallest absolute Gasteiger partial charge is 0.456 e. The van der Waals surface area contributed by atoms with E-state index >= 15 is 0 Å². The molecule has 3 atom stereocenters. The number of unbranched alkanes of at least 4 members (excludes halogenated alkanes) is 24. The van der Waals surface area contributed by atoms with Gasteiger partial charge in [0.15, 0.2) is 0 Å². The van der Waals surface area contributed by atoms with E-state index in [-0.39, 0.29) is 31.5 Å². The number of hydrogen-bond donors (Lipinski definition) is 2. The van der Waals surface area contributed by atoms with E-state index in [9.17, 15) is 19.0 Å². The second-order valence-corrected chi connectivity index (χ2v) is 21.5. The maximum atomic E-state index is 13.5. The van der Waals surface area contributed by atoms with Gasteiger partial charge in [0.1, 0.15) is 19.3 Å². The molecule has 0 aromatic carbocycles. The summed E-state index contributed by atoms with van der Waals surface area (Å²) in [6.45, 7) is 6.85. The zero-order chi connectivity index (χ0) is 50.8. The summed E-state index contributed by atoms with van der Waals surface area (Å²) in [6, 6.07) is -0.870. The largest absolute Gasteiger partial charge is 0.472 e. The molecule has 0 aliphatic carbocycles. The summed E-state index contributed by atoms with van der Waals surface area (Å²) in [5, 5.41) is 3.03. The molecule has 0 aromatic rings. The standard InChI is InChI=1S/C59H107N2O7P/c1-7-10-13-16-19-22-25-27-29-30-32-34-37-40-43-46-49-52-59(63)68-57(50-47-44-41-38-35-24-21-18-15-12-9-3)56(55-67-69(64,65)66-54-53-61(4,5)6)60-58(62)51-48-45-42-39-36-33-31-28-26-23-20-17-14-11-8-2/h10,13,19,22,27,29,32,34,40,43,47,50,56-57H,7-9,11-12,14-18,20-21,23-26,28,30-31,33,35-39,41-42,44-46,48-49,51-55H2,1-6H3,(H-,60,62,64,65)/p+1/b13-10-,22-19-,29-27-,34-32-,43-40-,50-47+. The van der Waals surface area contributed by atoms with Crippen LogP contribution >= 0.6 is 7.82 Å². The highest BCUT2D eigenvalue weighted by molar-refractivity contribution is 7.47. The highest BCUT2D eigenvalue weighted by atomic mass is 31.2. The summed E-state index contributed by atoms with van der Waals surface area (Å²) >= 11 is 0. The molecule has 69 heavy (non-hydrogen) atoms. The van der Waals surface area contributed by atoms with Crippen molar-refractivity contribution in [1.29, 1.82) is 0 Å². The Hall–Kier alpha value is -2.55. The van der Waals surface area contributed by atoms with Crippen LogP contribution in [0.2, 0.25) is 0 Å². The molecule has 1 amide bonds. The summed E-state index contributed by atoms with van der Waals surface area (Å²) in [5.74, 6) is -0.572. The summed E-state index contributed by atoms with van der Waals surface area (Å²) in [7, 11) is 1.46. The van der Waals surface area contributed by atoms with Crippen molar-refractivity contribution in [2.45, 2.75) is 251 Å². The van der Waals surface area contributed by atoms with Crippen LogP contribution in [0.4, 0.5) is 0 Å². The molecule has 2 N–H and O–H groups in total. The monoisotopic (exact) mass is 988 g/mol. The number of phosphoric acid groups is 1. The van der Waals surface area contributed by atoms with Gasteiger partial charge < -0.3 is 19.4 Å². The van der Waals surface area contributed by atoms with Crippen molar-refractivity contribution in [2.24, 2.45) is 0 Å². The van der Waals surface area contributed by atoms with E-state index in [2.05, 4.69) is 86.8 Å². The molecule has 0 rings (SSSR count). The van der Waals surface area contributed by atoms with Crippen LogP contribution < -0.4 is 5.32 Å². The van der Waals surface area contributed by atoms with E-state index in [1.54, 1.807) is 0 Å². The minimum atomic E-state index is -4.45. The number of nitrogens with one attached hydrogen (secondary N) is 1. The van der Waals surface area contributed by atoms with Gasteiger partial charge in [-0.2, -0.15) is 0 Å². The summed E-state index contributed by atoms with van der Waals surface area (Å²) in [4.78, 5) is 37.5. The summed E-state index contributed by atoms with van der Waals surface area (Å²) < 4.78 is 30.5. The SMILES string of the molecule is CC/C=C\C/C=C\C/C=C\C/C=C\C/C=C\CCCC(=O)OC(/C=C/CCCCCCCCCCC)C(COP(=O)(O)OCC[N+](C)(C)C)NC(=O)CCCCCCCCCCCCCCCCC. The predicted octanol–water partition coefficient (Wildman–Crippen LogP) is 16.9. The Bertz CT molecular complexity index is 1420. The maximum absolute atomic E-state index is 13.5. The van der Waals surface area contributed by atoms with Gasteiger partial charge >= 0.3 is 13.8 Å². The number of nitrogens with zero attached hydrogens (tertiary/aromatic N) is 1. The molecular formula is C59H108N2O7P+. The Morgan fingerprint density at radius 2 is 0.942 bits per heavy atom. The van der Waals surface area contributed by atoms with Gasteiger partial charge in [-0.15, -0.1) is 0 Å². The Morgan fingerprint density at radius 3 is 1.41 bits per heavy atom. The highest BCUT2D eigenvalue weighted by Crippen LogP contribution is 2.43. The molecule has 3 unspecified atom stereocenters. The van der Waals surface area contributed by atoms with Gasteiger partial charge in [-0.05, 0) is 70.3 Å².